The van der Waals surface area contributed by atoms with Gasteiger partial charge in [-0.2, -0.15) is 0 Å². The Morgan fingerprint density at radius 1 is 1.00 bits per heavy atom. The zero-order valence-corrected chi connectivity index (χ0v) is 27.8. The van der Waals surface area contributed by atoms with E-state index >= 15 is 0 Å². The topological polar surface area (TPSA) is 55.9 Å². The summed E-state index contributed by atoms with van der Waals surface area (Å²) < 4.78 is 18.7. The molecule has 2 aromatic rings. The van der Waals surface area contributed by atoms with Crippen LogP contribution in [0.4, 0.5) is 0 Å². The Hall–Kier alpha value is -1.34. The highest BCUT2D eigenvalue weighted by Gasteiger charge is 2.17. The Balaban J connectivity index is 1.46. The molecule has 3 atom stereocenters. The molecule has 3 rings (SSSR count). The van der Waals surface area contributed by atoms with Gasteiger partial charge in [0, 0.05) is 50.1 Å². The van der Waals surface area contributed by atoms with Gasteiger partial charge in [-0.1, -0.05) is 52.7 Å². The van der Waals surface area contributed by atoms with Crippen LogP contribution in [-0.2, 0) is 20.6 Å². The van der Waals surface area contributed by atoms with Crippen LogP contribution >= 0.6 is 19.9 Å². The summed E-state index contributed by atoms with van der Waals surface area (Å²) in [5.74, 6) is 0.733. The van der Waals surface area contributed by atoms with Crippen LogP contribution in [0.25, 0.3) is 10.2 Å². The van der Waals surface area contributed by atoms with Crippen LogP contribution in [0.3, 0.4) is 0 Å². The maximum absolute atomic E-state index is 5.95. The number of rotatable bonds is 23. The van der Waals surface area contributed by atoms with Gasteiger partial charge in [-0.3, -0.25) is 9.88 Å². The Kier molecular flexibility index (Phi) is 17.1. The lowest BCUT2D eigenvalue weighted by Crippen LogP contribution is -2.33. The predicted molar refractivity (Wildman–Crippen MR) is 178 cm³/mol. The van der Waals surface area contributed by atoms with E-state index in [1.807, 2.05) is 17.5 Å². The zero-order valence-electron chi connectivity index (χ0n) is 26.0. The van der Waals surface area contributed by atoms with Gasteiger partial charge >= 0.3 is 0 Å². The van der Waals surface area contributed by atoms with Gasteiger partial charge in [-0.05, 0) is 60.8 Å². The van der Waals surface area contributed by atoms with Gasteiger partial charge < -0.3 is 19.5 Å². The molecule has 2 aromatic heterocycles. The Labute approximate surface area is 255 Å². The smallest absolute Gasteiger partial charge is 0.0816 e. The van der Waals surface area contributed by atoms with E-state index in [2.05, 4.69) is 73.4 Å². The molecule has 3 heterocycles. The molecule has 1 N–H and O–H groups in total. The van der Waals surface area contributed by atoms with Crippen LogP contribution in [-0.4, -0.2) is 81.5 Å². The number of nitrogens with zero attached hydrogens (tertiary/aromatic N) is 2. The Morgan fingerprint density at radius 3 is 2.59 bits per heavy atom. The monoisotopic (exact) mass is 603 g/mol. The van der Waals surface area contributed by atoms with E-state index in [1.165, 1.54) is 33.3 Å². The average molecular weight is 604 g/mol. The summed E-state index contributed by atoms with van der Waals surface area (Å²) in [7, 11) is 0.936. The molecular formula is C33H54N3O3PS. The predicted octanol–water partition coefficient (Wildman–Crippen LogP) is 7.21. The molecule has 3 unspecified atom stereocenters. The largest absolute Gasteiger partial charge is 0.381 e. The Bertz CT molecular complexity index is 1040. The molecule has 0 saturated carbocycles. The van der Waals surface area contributed by atoms with Crippen molar-refractivity contribution in [3.63, 3.8) is 0 Å². The van der Waals surface area contributed by atoms with Crippen molar-refractivity contribution in [1.29, 1.82) is 0 Å². The molecule has 0 radical (unpaired) electrons. The number of aryl methyl sites for hydroxylation is 1. The first kappa shape index (κ1) is 34.2. The second-order valence-corrected chi connectivity index (χ2v) is 13.6. The fraction of sp³-hybridized carbons (Fsp3) is 0.667. The molecule has 0 aliphatic carbocycles. The highest BCUT2D eigenvalue weighted by molar-refractivity contribution is 7.38. The van der Waals surface area contributed by atoms with Crippen molar-refractivity contribution in [3.05, 3.63) is 52.7 Å². The van der Waals surface area contributed by atoms with Crippen molar-refractivity contribution in [2.24, 2.45) is 5.92 Å². The fourth-order valence-electron chi connectivity index (χ4n) is 4.71. The number of hydrogen-bond donors (Lipinski definition) is 1. The van der Waals surface area contributed by atoms with E-state index in [1.54, 1.807) is 0 Å². The summed E-state index contributed by atoms with van der Waals surface area (Å²) in [4.78, 5) is 8.48. The van der Waals surface area contributed by atoms with Crippen molar-refractivity contribution < 1.29 is 14.2 Å². The summed E-state index contributed by atoms with van der Waals surface area (Å²) in [6.07, 6.45) is 16.8. The van der Waals surface area contributed by atoms with Crippen molar-refractivity contribution in [3.8, 4) is 0 Å². The number of dihydropyridines is 1. The summed E-state index contributed by atoms with van der Waals surface area (Å²) in [5, 5.41) is 3.65. The van der Waals surface area contributed by atoms with E-state index in [9.17, 15) is 0 Å². The van der Waals surface area contributed by atoms with Crippen LogP contribution in [0, 0.1) is 5.92 Å². The number of ether oxygens (including phenoxy) is 3. The summed E-state index contributed by atoms with van der Waals surface area (Å²) in [6, 6.07) is 4.63. The number of thiophene rings is 1. The lowest BCUT2D eigenvalue weighted by molar-refractivity contribution is 0.0362. The summed E-state index contributed by atoms with van der Waals surface area (Å²) >= 11 is 1.88. The van der Waals surface area contributed by atoms with E-state index < -0.39 is 0 Å². The van der Waals surface area contributed by atoms with Crippen LogP contribution in [0.2, 0.25) is 0 Å². The highest BCUT2D eigenvalue weighted by Crippen LogP contribution is 2.33. The minimum absolute atomic E-state index is 0.203. The number of hydrogen-bond acceptors (Lipinski definition) is 7. The molecular weight excluding hydrogens is 549 g/mol. The van der Waals surface area contributed by atoms with E-state index in [0.29, 0.717) is 13.2 Å². The Morgan fingerprint density at radius 2 is 1.83 bits per heavy atom. The van der Waals surface area contributed by atoms with Crippen LogP contribution in [0.5, 0.6) is 0 Å². The van der Waals surface area contributed by atoms with E-state index in [0.717, 1.165) is 97.9 Å². The molecule has 1 aliphatic heterocycles. The first-order valence-electron chi connectivity index (χ1n) is 15.8. The summed E-state index contributed by atoms with van der Waals surface area (Å²) in [5.41, 5.74) is 3.85. The van der Waals surface area contributed by atoms with Crippen LogP contribution in [0.15, 0.2) is 42.3 Å². The third kappa shape index (κ3) is 12.8. The number of pyridine rings is 1. The minimum atomic E-state index is 0.203. The molecule has 230 valence electrons. The van der Waals surface area contributed by atoms with E-state index in [-0.39, 0.29) is 6.04 Å². The molecule has 6 nitrogen and oxygen atoms in total. The maximum Gasteiger partial charge on any atom is 0.0816 e. The molecule has 0 spiro atoms. The SMILES string of the molecule is CCCOCCPCCN(CCOCCOCCC(C)CC)CC1=CNC(c2cc3nccc(CCC)c3s2)C=C1. The first-order valence-corrected chi connectivity index (χ1v) is 18.0. The first-order chi connectivity index (χ1) is 20.1. The van der Waals surface area contributed by atoms with Gasteiger partial charge in [-0.25, -0.2) is 0 Å². The van der Waals surface area contributed by atoms with Gasteiger partial charge in [0.05, 0.1) is 42.7 Å². The van der Waals surface area contributed by atoms with Crippen LogP contribution in [0.1, 0.15) is 69.9 Å². The molecule has 0 aromatic carbocycles. The number of nitrogens with one attached hydrogen (secondary N) is 1. The van der Waals surface area contributed by atoms with Gasteiger partial charge in [0.25, 0.3) is 0 Å². The fourth-order valence-corrected chi connectivity index (χ4v) is 6.92. The van der Waals surface area contributed by atoms with Crippen molar-refractivity contribution in [2.45, 2.75) is 65.8 Å². The second-order valence-electron chi connectivity index (χ2n) is 11.0. The number of fused-ring (bicyclic) bond motifs is 1. The van der Waals surface area contributed by atoms with Crippen molar-refractivity contribution >= 4 is 30.1 Å². The molecule has 1 aliphatic rings. The lowest BCUT2D eigenvalue weighted by atomic mass is 10.1. The summed E-state index contributed by atoms with van der Waals surface area (Å²) in [6.45, 7) is 16.5. The van der Waals surface area contributed by atoms with E-state index in [4.69, 9.17) is 14.2 Å². The maximum atomic E-state index is 5.95. The minimum Gasteiger partial charge on any atom is -0.381 e. The normalized spacial score (nSPS) is 16.2. The quantitative estimate of drug-likeness (QED) is 0.107. The third-order valence-corrected chi connectivity index (χ3v) is 9.87. The van der Waals surface area contributed by atoms with Crippen molar-refractivity contribution in [1.82, 2.24) is 15.2 Å². The van der Waals surface area contributed by atoms with Gasteiger partial charge in [0.15, 0.2) is 0 Å². The van der Waals surface area contributed by atoms with Crippen molar-refractivity contribution in [2.75, 3.05) is 71.6 Å². The zero-order chi connectivity index (χ0) is 29.1. The third-order valence-electron chi connectivity index (χ3n) is 7.45. The highest BCUT2D eigenvalue weighted by atomic mass is 32.1. The number of aromatic nitrogens is 1. The molecule has 41 heavy (non-hydrogen) atoms. The molecule has 8 heteroatoms. The second kappa shape index (κ2) is 20.5. The average Bonchev–Trinajstić information content (AvgIpc) is 3.43. The molecule has 0 amide bonds. The van der Waals surface area contributed by atoms with Crippen LogP contribution < -0.4 is 5.32 Å². The van der Waals surface area contributed by atoms with Gasteiger partial charge in [0.1, 0.15) is 0 Å². The molecule has 0 fully saturated rings. The molecule has 0 bridgehead atoms. The van der Waals surface area contributed by atoms with Gasteiger partial charge in [0.2, 0.25) is 0 Å². The lowest BCUT2D eigenvalue weighted by Gasteiger charge is -2.25. The molecule has 0 saturated heterocycles. The van der Waals surface area contributed by atoms with Gasteiger partial charge in [-0.15, -0.1) is 19.9 Å². The standard InChI is InChI=1S/C33H54N3O3PS/c1-5-8-29-11-13-34-31-24-32(41-33(29)31)30-10-9-28(25-35-30)26-36(15-22-40-23-21-37-16-6-2)14-18-39-20-19-38-17-12-27(4)7-3/h9-11,13,24-25,27,30,35,40H,5-8,12,14-23,26H2,1-4H3.